The highest BCUT2D eigenvalue weighted by Crippen LogP contribution is 2.11. The first-order chi connectivity index (χ1) is 10.6. The summed E-state index contributed by atoms with van der Waals surface area (Å²) in [5.74, 6) is -0.252. The van der Waals surface area contributed by atoms with Gasteiger partial charge in [0, 0.05) is 22.7 Å². The Hall–Kier alpha value is -2.34. The highest BCUT2D eigenvalue weighted by molar-refractivity contribution is 9.10. The third-order valence-electron chi connectivity index (χ3n) is 2.77. The lowest BCUT2D eigenvalue weighted by Crippen LogP contribution is -2.34. The predicted octanol–water partition coefficient (Wildman–Crippen LogP) is 2.95. The fraction of sp³-hybridized carbons (Fsp3) is 0.125. The first kappa shape index (κ1) is 16.0. The fourth-order valence-corrected chi connectivity index (χ4v) is 1.99. The van der Waals surface area contributed by atoms with Gasteiger partial charge in [-0.05, 0) is 43.3 Å². The number of hydrogen-bond donors (Lipinski definition) is 2. The standard InChI is InChI=1S/C16H15BrN2O3/c1-2-18-16(21)14(10-13-4-3-9-22-13)19-15(20)11-5-7-12(17)8-6-11/h3-10H,2H2,1H3,(H,18,21)(H,19,20). The van der Waals surface area contributed by atoms with Gasteiger partial charge in [-0.3, -0.25) is 9.59 Å². The molecule has 114 valence electrons. The van der Waals surface area contributed by atoms with E-state index in [1.165, 1.54) is 12.3 Å². The van der Waals surface area contributed by atoms with Gasteiger partial charge in [0.2, 0.25) is 0 Å². The topological polar surface area (TPSA) is 71.3 Å². The number of halogens is 1. The third-order valence-corrected chi connectivity index (χ3v) is 3.30. The summed E-state index contributed by atoms with van der Waals surface area (Å²) >= 11 is 3.31. The molecule has 22 heavy (non-hydrogen) atoms. The predicted molar refractivity (Wildman–Crippen MR) is 87.0 cm³/mol. The lowest BCUT2D eigenvalue weighted by Gasteiger charge is -2.09. The van der Waals surface area contributed by atoms with E-state index in [4.69, 9.17) is 4.42 Å². The molecule has 0 radical (unpaired) electrons. The Morgan fingerprint density at radius 3 is 2.55 bits per heavy atom. The van der Waals surface area contributed by atoms with Gasteiger partial charge in [0.05, 0.1) is 6.26 Å². The smallest absolute Gasteiger partial charge is 0.267 e. The molecule has 0 saturated heterocycles. The number of carbonyl (C=O) groups excluding carboxylic acids is 2. The Morgan fingerprint density at radius 1 is 1.23 bits per heavy atom. The van der Waals surface area contributed by atoms with Crippen molar-refractivity contribution in [3.63, 3.8) is 0 Å². The molecule has 5 nitrogen and oxygen atoms in total. The highest BCUT2D eigenvalue weighted by Gasteiger charge is 2.14. The van der Waals surface area contributed by atoms with E-state index in [9.17, 15) is 9.59 Å². The Morgan fingerprint density at radius 2 is 1.95 bits per heavy atom. The lowest BCUT2D eigenvalue weighted by atomic mass is 10.2. The number of likely N-dealkylation sites (N-methyl/N-ethyl adjacent to an activating group) is 1. The van der Waals surface area contributed by atoms with Crippen molar-refractivity contribution in [1.29, 1.82) is 0 Å². The minimum absolute atomic E-state index is 0.129. The van der Waals surface area contributed by atoms with E-state index in [1.807, 2.05) is 0 Å². The highest BCUT2D eigenvalue weighted by atomic mass is 79.9. The summed E-state index contributed by atoms with van der Waals surface area (Å²) in [4.78, 5) is 24.3. The van der Waals surface area contributed by atoms with Crippen LogP contribution in [0.4, 0.5) is 0 Å². The first-order valence-corrected chi connectivity index (χ1v) is 7.49. The van der Waals surface area contributed by atoms with Crippen LogP contribution in [0.5, 0.6) is 0 Å². The summed E-state index contributed by atoms with van der Waals surface area (Å²) in [5.41, 5.74) is 0.586. The van der Waals surface area contributed by atoms with Crippen molar-refractivity contribution in [3.8, 4) is 0 Å². The number of benzene rings is 1. The number of hydrogen-bond acceptors (Lipinski definition) is 3. The molecule has 2 rings (SSSR count). The van der Waals surface area contributed by atoms with Gasteiger partial charge in [-0.25, -0.2) is 0 Å². The Bertz CT molecular complexity index is 676. The molecule has 0 fully saturated rings. The lowest BCUT2D eigenvalue weighted by molar-refractivity contribution is -0.117. The van der Waals surface area contributed by atoms with Crippen LogP contribution in [0.15, 0.2) is 57.2 Å². The van der Waals surface area contributed by atoms with E-state index in [-0.39, 0.29) is 17.5 Å². The van der Waals surface area contributed by atoms with E-state index >= 15 is 0 Å². The molecule has 0 spiro atoms. The van der Waals surface area contributed by atoms with Crippen molar-refractivity contribution in [3.05, 3.63) is 64.2 Å². The second kappa shape index (κ2) is 7.61. The molecule has 2 aromatic rings. The Kier molecular flexibility index (Phi) is 5.55. The fourth-order valence-electron chi connectivity index (χ4n) is 1.73. The molecule has 0 unspecified atom stereocenters. The molecule has 1 aromatic carbocycles. The van der Waals surface area contributed by atoms with Crippen LogP contribution >= 0.6 is 15.9 Å². The van der Waals surface area contributed by atoms with E-state index in [0.29, 0.717) is 17.9 Å². The quantitative estimate of drug-likeness (QED) is 0.803. The van der Waals surface area contributed by atoms with Crippen LogP contribution in [-0.4, -0.2) is 18.4 Å². The van der Waals surface area contributed by atoms with Gasteiger partial charge in [0.1, 0.15) is 11.5 Å². The molecule has 0 aliphatic carbocycles. The average molecular weight is 363 g/mol. The molecule has 0 aliphatic rings. The molecular weight excluding hydrogens is 348 g/mol. The molecule has 1 aromatic heterocycles. The van der Waals surface area contributed by atoms with Crippen LogP contribution in [-0.2, 0) is 4.79 Å². The first-order valence-electron chi connectivity index (χ1n) is 6.70. The molecule has 0 atom stereocenters. The molecule has 2 amide bonds. The van der Waals surface area contributed by atoms with Gasteiger partial charge >= 0.3 is 0 Å². The maximum absolute atomic E-state index is 12.2. The Balaban J connectivity index is 2.20. The summed E-state index contributed by atoms with van der Waals surface area (Å²) in [6, 6.07) is 10.3. The van der Waals surface area contributed by atoms with Crippen molar-refractivity contribution in [1.82, 2.24) is 10.6 Å². The van der Waals surface area contributed by atoms with E-state index in [1.54, 1.807) is 43.3 Å². The second-order valence-corrected chi connectivity index (χ2v) is 5.31. The average Bonchev–Trinajstić information content (AvgIpc) is 3.00. The normalized spacial score (nSPS) is 11.1. The summed E-state index contributed by atoms with van der Waals surface area (Å²) in [6.07, 6.45) is 2.99. The van der Waals surface area contributed by atoms with Crippen molar-refractivity contribution in [2.45, 2.75) is 6.92 Å². The number of amides is 2. The number of carbonyl (C=O) groups is 2. The van der Waals surface area contributed by atoms with Crippen LogP contribution in [0.25, 0.3) is 6.08 Å². The van der Waals surface area contributed by atoms with Crippen LogP contribution < -0.4 is 10.6 Å². The Labute approximate surface area is 136 Å². The zero-order valence-electron chi connectivity index (χ0n) is 11.9. The summed E-state index contributed by atoms with van der Waals surface area (Å²) in [7, 11) is 0. The summed E-state index contributed by atoms with van der Waals surface area (Å²) < 4.78 is 6.06. The van der Waals surface area contributed by atoms with Gasteiger partial charge in [0.15, 0.2) is 0 Å². The molecule has 0 aliphatic heterocycles. The van der Waals surface area contributed by atoms with Crippen LogP contribution in [0.3, 0.4) is 0 Å². The minimum Gasteiger partial charge on any atom is -0.465 e. The molecule has 6 heteroatoms. The van der Waals surface area contributed by atoms with E-state index in [2.05, 4.69) is 26.6 Å². The van der Waals surface area contributed by atoms with Gasteiger partial charge in [-0.1, -0.05) is 15.9 Å². The van der Waals surface area contributed by atoms with Gasteiger partial charge in [-0.15, -0.1) is 0 Å². The van der Waals surface area contributed by atoms with E-state index in [0.717, 1.165) is 4.47 Å². The van der Waals surface area contributed by atoms with Crippen LogP contribution in [0, 0.1) is 0 Å². The third kappa shape index (κ3) is 4.33. The zero-order valence-corrected chi connectivity index (χ0v) is 13.5. The van der Waals surface area contributed by atoms with Crippen molar-refractivity contribution in [2.75, 3.05) is 6.54 Å². The van der Waals surface area contributed by atoms with Gasteiger partial charge in [-0.2, -0.15) is 0 Å². The monoisotopic (exact) mass is 362 g/mol. The second-order valence-electron chi connectivity index (χ2n) is 4.39. The molecular formula is C16H15BrN2O3. The van der Waals surface area contributed by atoms with Gasteiger partial charge < -0.3 is 15.1 Å². The number of rotatable bonds is 5. The molecule has 1 heterocycles. The van der Waals surface area contributed by atoms with Crippen LogP contribution in [0.2, 0.25) is 0 Å². The zero-order chi connectivity index (χ0) is 15.9. The largest absolute Gasteiger partial charge is 0.465 e. The molecule has 2 N–H and O–H groups in total. The van der Waals surface area contributed by atoms with Gasteiger partial charge in [0.25, 0.3) is 11.8 Å². The maximum Gasteiger partial charge on any atom is 0.267 e. The SMILES string of the molecule is CCNC(=O)C(=Cc1ccco1)NC(=O)c1ccc(Br)cc1. The number of furan rings is 1. The van der Waals surface area contributed by atoms with Crippen molar-refractivity contribution in [2.24, 2.45) is 0 Å². The minimum atomic E-state index is -0.371. The maximum atomic E-state index is 12.2. The summed E-state index contributed by atoms with van der Waals surface area (Å²) in [6.45, 7) is 2.27. The van der Waals surface area contributed by atoms with Crippen molar-refractivity contribution >= 4 is 33.8 Å². The van der Waals surface area contributed by atoms with Crippen molar-refractivity contribution < 1.29 is 14.0 Å². The molecule has 0 bridgehead atoms. The van der Waals surface area contributed by atoms with Crippen LogP contribution in [0.1, 0.15) is 23.0 Å². The van der Waals surface area contributed by atoms with E-state index < -0.39 is 0 Å². The number of nitrogens with one attached hydrogen (secondary N) is 2. The molecule has 0 saturated carbocycles. The summed E-state index contributed by atoms with van der Waals surface area (Å²) in [5, 5.41) is 5.26.